The van der Waals surface area contributed by atoms with Crippen molar-refractivity contribution in [3.63, 3.8) is 0 Å². The number of H-pyrrole nitrogens is 1. The highest BCUT2D eigenvalue weighted by Crippen LogP contribution is 2.25. The average Bonchev–Trinajstić information content (AvgIpc) is 3.35. The molecule has 9 nitrogen and oxygen atoms in total. The van der Waals surface area contributed by atoms with Gasteiger partial charge in [0.15, 0.2) is 5.13 Å². The summed E-state index contributed by atoms with van der Waals surface area (Å²) >= 11 is 1.34. The lowest BCUT2D eigenvalue weighted by Gasteiger charge is -2.33. The van der Waals surface area contributed by atoms with Gasteiger partial charge in [0.05, 0.1) is 18.5 Å². The molecule has 0 bridgehead atoms. The molecule has 27 heavy (non-hydrogen) atoms. The maximum atomic E-state index is 12.4. The molecule has 2 heterocycles. The van der Waals surface area contributed by atoms with Gasteiger partial charge in [-0.2, -0.15) is 0 Å². The molecule has 1 fully saturated rings. The second-order valence-electron chi connectivity index (χ2n) is 6.56. The minimum atomic E-state index is -0.662. The predicted octanol–water partition coefficient (Wildman–Crippen LogP) is 0.526. The number of hydrogen-bond donors (Lipinski definition) is 5. The molecular formula is C17H24N6O3S. The number of nitrogens with one attached hydrogen (secondary N) is 4. The van der Waals surface area contributed by atoms with E-state index < -0.39 is 12.1 Å². The van der Waals surface area contributed by atoms with Gasteiger partial charge < -0.3 is 26.0 Å². The first kappa shape index (κ1) is 19.3. The van der Waals surface area contributed by atoms with Gasteiger partial charge in [-0.15, -0.1) is 11.3 Å². The van der Waals surface area contributed by atoms with Gasteiger partial charge in [0.1, 0.15) is 5.69 Å². The molecule has 2 aromatic heterocycles. The molecule has 146 valence electrons. The number of thiazole rings is 1. The molecule has 1 aliphatic rings. The van der Waals surface area contributed by atoms with Gasteiger partial charge in [0, 0.05) is 43.2 Å². The van der Waals surface area contributed by atoms with Crippen molar-refractivity contribution in [2.24, 2.45) is 5.92 Å². The molecule has 0 aliphatic heterocycles. The van der Waals surface area contributed by atoms with Gasteiger partial charge in [-0.05, 0) is 19.3 Å². The molecule has 1 aliphatic carbocycles. The van der Waals surface area contributed by atoms with Crippen molar-refractivity contribution in [3.05, 3.63) is 29.3 Å². The van der Waals surface area contributed by atoms with Crippen LogP contribution in [0.2, 0.25) is 0 Å². The number of aliphatic hydroxyl groups excluding tert-OH is 1. The van der Waals surface area contributed by atoms with Crippen molar-refractivity contribution in [2.75, 3.05) is 18.9 Å². The SMILES string of the molecule is CNc1nc(C(=O)N[C@@H]2C[C@@H](C(=O)NCCc3cnc[nH]3)CC[C@H]2O)cs1. The number of carbonyl (C=O) groups excluding carboxylic acids is 2. The highest BCUT2D eigenvalue weighted by atomic mass is 32.1. The first-order valence-electron chi connectivity index (χ1n) is 8.94. The fourth-order valence-corrected chi connectivity index (χ4v) is 3.82. The molecule has 2 amide bonds. The van der Waals surface area contributed by atoms with Crippen LogP contribution >= 0.6 is 11.3 Å². The molecule has 0 saturated heterocycles. The Morgan fingerprint density at radius 1 is 1.41 bits per heavy atom. The van der Waals surface area contributed by atoms with Crippen molar-refractivity contribution in [1.29, 1.82) is 0 Å². The lowest BCUT2D eigenvalue weighted by Crippen LogP contribution is -2.49. The van der Waals surface area contributed by atoms with Crippen LogP contribution < -0.4 is 16.0 Å². The highest BCUT2D eigenvalue weighted by Gasteiger charge is 2.34. The molecule has 0 aromatic carbocycles. The molecule has 3 rings (SSSR count). The molecule has 0 unspecified atom stereocenters. The van der Waals surface area contributed by atoms with E-state index >= 15 is 0 Å². The Bertz CT molecular complexity index is 763. The molecule has 0 spiro atoms. The summed E-state index contributed by atoms with van der Waals surface area (Å²) in [4.78, 5) is 35.9. The third kappa shape index (κ3) is 5.04. The maximum absolute atomic E-state index is 12.4. The van der Waals surface area contributed by atoms with Crippen LogP contribution in [0.15, 0.2) is 17.9 Å². The van der Waals surface area contributed by atoms with Gasteiger partial charge in [-0.25, -0.2) is 9.97 Å². The number of rotatable bonds is 7. The first-order chi connectivity index (χ1) is 13.1. The van der Waals surface area contributed by atoms with Crippen LogP contribution in [-0.2, 0) is 11.2 Å². The smallest absolute Gasteiger partial charge is 0.271 e. The fraction of sp³-hybridized carbons (Fsp3) is 0.529. The summed E-state index contributed by atoms with van der Waals surface area (Å²) in [7, 11) is 1.74. The number of anilines is 1. The third-order valence-electron chi connectivity index (χ3n) is 4.70. The van der Waals surface area contributed by atoms with Crippen LogP contribution in [0.1, 0.15) is 35.4 Å². The average molecular weight is 392 g/mol. The summed E-state index contributed by atoms with van der Waals surface area (Å²) in [6.07, 6.45) is 4.84. The molecule has 1 saturated carbocycles. The number of hydrogen-bond acceptors (Lipinski definition) is 7. The van der Waals surface area contributed by atoms with E-state index in [1.165, 1.54) is 11.3 Å². The van der Waals surface area contributed by atoms with E-state index in [1.54, 1.807) is 25.0 Å². The Kier molecular flexibility index (Phi) is 6.40. The largest absolute Gasteiger partial charge is 0.391 e. The van der Waals surface area contributed by atoms with Gasteiger partial charge in [0.25, 0.3) is 5.91 Å². The predicted molar refractivity (Wildman–Crippen MR) is 102 cm³/mol. The van der Waals surface area contributed by atoms with Gasteiger partial charge in [-0.3, -0.25) is 9.59 Å². The van der Waals surface area contributed by atoms with Gasteiger partial charge in [0.2, 0.25) is 5.91 Å². The summed E-state index contributed by atoms with van der Waals surface area (Å²) in [5, 5.41) is 21.2. The molecule has 3 atom stereocenters. The second-order valence-corrected chi connectivity index (χ2v) is 7.42. The molecule has 0 radical (unpaired) electrons. The molecule has 5 N–H and O–H groups in total. The zero-order valence-electron chi connectivity index (χ0n) is 15.1. The van der Waals surface area contributed by atoms with E-state index in [0.717, 1.165) is 5.69 Å². The van der Waals surface area contributed by atoms with Crippen LogP contribution in [0.4, 0.5) is 5.13 Å². The number of carbonyl (C=O) groups is 2. The van der Waals surface area contributed by atoms with Crippen LogP contribution in [-0.4, -0.2) is 57.6 Å². The van der Waals surface area contributed by atoms with E-state index in [4.69, 9.17) is 0 Å². The zero-order chi connectivity index (χ0) is 19.2. The molecular weight excluding hydrogens is 368 g/mol. The fourth-order valence-electron chi connectivity index (χ4n) is 3.17. The number of nitrogens with zero attached hydrogens (tertiary/aromatic N) is 2. The second kappa shape index (κ2) is 8.96. The number of aromatic amines is 1. The van der Waals surface area contributed by atoms with Crippen molar-refractivity contribution in [3.8, 4) is 0 Å². The Morgan fingerprint density at radius 3 is 2.96 bits per heavy atom. The molecule has 10 heteroatoms. The van der Waals surface area contributed by atoms with Crippen LogP contribution in [0, 0.1) is 5.92 Å². The number of imidazole rings is 1. The van der Waals surface area contributed by atoms with E-state index in [-0.39, 0.29) is 17.7 Å². The number of amides is 2. The van der Waals surface area contributed by atoms with Crippen molar-refractivity contribution in [2.45, 2.75) is 37.8 Å². The van der Waals surface area contributed by atoms with E-state index in [2.05, 4.69) is 30.9 Å². The minimum Gasteiger partial charge on any atom is -0.391 e. The normalized spacial score (nSPS) is 22.2. The third-order valence-corrected chi connectivity index (χ3v) is 5.56. The van der Waals surface area contributed by atoms with E-state index in [0.29, 0.717) is 43.1 Å². The quantitative estimate of drug-likeness (QED) is 0.467. The Labute approximate surface area is 161 Å². The monoisotopic (exact) mass is 392 g/mol. The topological polar surface area (TPSA) is 132 Å². The van der Waals surface area contributed by atoms with E-state index in [9.17, 15) is 14.7 Å². The Balaban J connectivity index is 1.50. The maximum Gasteiger partial charge on any atom is 0.271 e. The summed E-state index contributed by atoms with van der Waals surface area (Å²) in [5.41, 5.74) is 1.27. The number of aliphatic hydroxyl groups is 1. The number of aromatic nitrogens is 3. The van der Waals surface area contributed by atoms with Gasteiger partial charge in [-0.1, -0.05) is 0 Å². The van der Waals surface area contributed by atoms with Crippen LogP contribution in [0.25, 0.3) is 0 Å². The standard InChI is InChI=1S/C17H24N6O3S/c1-18-17-23-13(8-27-17)16(26)22-12-6-10(2-3-14(12)24)15(25)20-5-4-11-7-19-9-21-11/h7-10,12,14,24H,2-6H2,1H3,(H,18,23)(H,19,21)(H,20,25)(H,22,26)/t10-,12+,14+/m0/s1. The molecule has 2 aromatic rings. The summed E-state index contributed by atoms with van der Waals surface area (Å²) in [5.74, 6) is -0.618. The van der Waals surface area contributed by atoms with Crippen molar-refractivity contribution in [1.82, 2.24) is 25.6 Å². The summed E-state index contributed by atoms with van der Waals surface area (Å²) < 4.78 is 0. The van der Waals surface area contributed by atoms with Gasteiger partial charge >= 0.3 is 0 Å². The van der Waals surface area contributed by atoms with Crippen molar-refractivity contribution < 1.29 is 14.7 Å². The van der Waals surface area contributed by atoms with Crippen LogP contribution in [0.3, 0.4) is 0 Å². The Hall–Kier alpha value is -2.46. The highest BCUT2D eigenvalue weighted by molar-refractivity contribution is 7.13. The van der Waals surface area contributed by atoms with E-state index in [1.807, 2.05) is 0 Å². The summed E-state index contributed by atoms with van der Waals surface area (Å²) in [6, 6.07) is -0.464. The summed E-state index contributed by atoms with van der Waals surface area (Å²) in [6.45, 7) is 0.517. The first-order valence-corrected chi connectivity index (χ1v) is 9.82. The zero-order valence-corrected chi connectivity index (χ0v) is 15.9. The lowest BCUT2D eigenvalue weighted by atomic mass is 9.83. The van der Waals surface area contributed by atoms with Crippen molar-refractivity contribution >= 4 is 28.3 Å². The lowest BCUT2D eigenvalue weighted by molar-refractivity contribution is -0.127. The van der Waals surface area contributed by atoms with Crippen LogP contribution in [0.5, 0.6) is 0 Å². The minimum absolute atomic E-state index is 0.0493. The Morgan fingerprint density at radius 2 is 2.26 bits per heavy atom.